The maximum atomic E-state index is 12.5. The molecule has 2 atom stereocenters. The Balaban J connectivity index is 1.81. The second kappa shape index (κ2) is 6.91. The molecule has 1 heterocycles. The Morgan fingerprint density at radius 2 is 1.74 bits per heavy atom. The van der Waals surface area contributed by atoms with Gasteiger partial charge < -0.3 is 5.32 Å². The first-order valence-corrected chi connectivity index (χ1v) is 9.96. The summed E-state index contributed by atoms with van der Waals surface area (Å²) in [5.41, 5.74) is 0.565. The minimum absolute atomic E-state index is 0.130. The van der Waals surface area contributed by atoms with Crippen LogP contribution in [0.4, 0.5) is 5.69 Å². The van der Waals surface area contributed by atoms with Crippen molar-refractivity contribution in [2.75, 3.05) is 11.9 Å². The van der Waals surface area contributed by atoms with Crippen LogP contribution in [0.1, 0.15) is 44.9 Å². The Bertz CT molecular complexity index is 672. The van der Waals surface area contributed by atoms with E-state index in [1.165, 1.54) is 12.8 Å². The first-order chi connectivity index (χ1) is 11.1. The van der Waals surface area contributed by atoms with Gasteiger partial charge in [0.1, 0.15) is 4.90 Å². The maximum absolute atomic E-state index is 12.5. The first kappa shape index (κ1) is 16.3. The molecule has 1 amide bonds. The van der Waals surface area contributed by atoms with Crippen LogP contribution in [0.2, 0.25) is 0 Å². The molecule has 1 saturated carbocycles. The van der Waals surface area contributed by atoms with Gasteiger partial charge in [0.2, 0.25) is 5.91 Å². The van der Waals surface area contributed by atoms with Crippen LogP contribution in [0.25, 0.3) is 0 Å². The average molecular weight is 336 g/mol. The summed E-state index contributed by atoms with van der Waals surface area (Å²) in [7, 11) is -3.82. The number of amides is 1. The van der Waals surface area contributed by atoms with Crippen molar-refractivity contribution in [2.24, 2.45) is 11.8 Å². The van der Waals surface area contributed by atoms with Gasteiger partial charge in [-0.05, 0) is 37.3 Å². The van der Waals surface area contributed by atoms with Gasteiger partial charge in [-0.15, -0.1) is 0 Å². The van der Waals surface area contributed by atoms with Gasteiger partial charge in [0.05, 0.1) is 5.69 Å². The second-order valence-electron chi connectivity index (χ2n) is 6.55. The molecule has 2 aliphatic rings. The number of hydrogen-bond donors (Lipinski definition) is 2. The molecular weight excluding hydrogens is 312 g/mol. The minimum atomic E-state index is -3.82. The zero-order chi connectivity index (χ0) is 16.3. The van der Waals surface area contributed by atoms with Gasteiger partial charge >= 0.3 is 0 Å². The van der Waals surface area contributed by atoms with Gasteiger partial charge in [-0.1, -0.05) is 37.8 Å². The highest BCUT2D eigenvalue weighted by atomic mass is 32.2. The molecule has 0 unspecified atom stereocenters. The van der Waals surface area contributed by atoms with E-state index in [1.807, 2.05) is 0 Å². The van der Waals surface area contributed by atoms with E-state index in [-0.39, 0.29) is 16.7 Å². The lowest BCUT2D eigenvalue weighted by Crippen LogP contribution is -2.32. The number of sulfonamides is 1. The van der Waals surface area contributed by atoms with Crippen molar-refractivity contribution in [3.63, 3.8) is 0 Å². The Hall–Kier alpha value is -1.56. The van der Waals surface area contributed by atoms with E-state index in [0.29, 0.717) is 11.6 Å². The van der Waals surface area contributed by atoms with Gasteiger partial charge in [-0.2, -0.15) is 0 Å². The number of benzene rings is 1. The van der Waals surface area contributed by atoms with Crippen molar-refractivity contribution in [1.29, 1.82) is 0 Å². The zero-order valence-corrected chi connectivity index (χ0v) is 14.1. The van der Waals surface area contributed by atoms with Crippen LogP contribution in [-0.4, -0.2) is 20.9 Å². The fourth-order valence-electron chi connectivity index (χ4n) is 3.28. The standard InChI is InChI=1S/C17H24N2O3S/c20-17-14-12-13(14)8-4-2-1-3-7-11-18-15-9-5-6-10-16(15)23(21,22)19-17/h5-6,9-10,13-14,18H,1-4,7-8,11-12H2,(H,19,20)/t13-,14+/m1/s1. The molecule has 0 bridgehead atoms. The summed E-state index contributed by atoms with van der Waals surface area (Å²) in [5.74, 6) is -0.113. The number of anilines is 1. The molecule has 1 fully saturated rings. The van der Waals surface area contributed by atoms with E-state index in [2.05, 4.69) is 10.0 Å². The van der Waals surface area contributed by atoms with Crippen LogP contribution in [0.15, 0.2) is 29.2 Å². The SMILES string of the molecule is O=C1NS(=O)(=O)c2ccccc2NCCCCCCC[C@@H]2C[C@H]12. The fraction of sp³-hybridized carbons (Fsp3) is 0.588. The molecule has 126 valence electrons. The van der Waals surface area contributed by atoms with Gasteiger partial charge in [-0.25, -0.2) is 13.1 Å². The second-order valence-corrected chi connectivity index (χ2v) is 8.20. The van der Waals surface area contributed by atoms with E-state index >= 15 is 0 Å². The molecule has 1 aliphatic carbocycles. The first-order valence-electron chi connectivity index (χ1n) is 8.47. The fourth-order valence-corrected chi connectivity index (χ4v) is 4.50. The van der Waals surface area contributed by atoms with E-state index < -0.39 is 10.0 Å². The molecule has 1 aromatic carbocycles. The highest BCUT2D eigenvalue weighted by molar-refractivity contribution is 7.90. The Kier molecular flexibility index (Phi) is 4.90. The van der Waals surface area contributed by atoms with Crippen molar-refractivity contribution < 1.29 is 13.2 Å². The van der Waals surface area contributed by atoms with Crippen LogP contribution >= 0.6 is 0 Å². The average Bonchev–Trinajstić information content (AvgIpc) is 3.29. The molecule has 1 aromatic rings. The van der Waals surface area contributed by atoms with Gasteiger partial charge in [0.15, 0.2) is 0 Å². The lowest BCUT2D eigenvalue weighted by atomic mass is 10.1. The molecule has 0 aromatic heterocycles. The predicted molar refractivity (Wildman–Crippen MR) is 89.6 cm³/mol. The van der Waals surface area contributed by atoms with Crippen LogP contribution in [0.5, 0.6) is 0 Å². The van der Waals surface area contributed by atoms with Crippen molar-refractivity contribution in [3.8, 4) is 0 Å². The summed E-state index contributed by atoms with van der Waals surface area (Å²) in [5, 5.41) is 3.19. The topological polar surface area (TPSA) is 75.3 Å². The maximum Gasteiger partial charge on any atom is 0.266 e. The van der Waals surface area contributed by atoms with E-state index in [0.717, 1.165) is 38.6 Å². The third-order valence-electron chi connectivity index (χ3n) is 4.74. The molecule has 0 radical (unpaired) electrons. The number of carbonyl (C=O) groups is 1. The van der Waals surface area contributed by atoms with Crippen LogP contribution in [0.3, 0.4) is 0 Å². The van der Waals surface area contributed by atoms with Crippen LogP contribution < -0.4 is 10.0 Å². The minimum Gasteiger partial charge on any atom is -0.384 e. The Morgan fingerprint density at radius 3 is 2.61 bits per heavy atom. The normalized spacial score (nSPS) is 28.1. The molecule has 3 rings (SSSR count). The summed E-state index contributed by atoms with van der Waals surface area (Å²) in [4.78, 5) is 12.4. The van der Waals surface area contributed by atoms with Gasteiger partial charge in [0.25, 0.3) is 10.0 Å². The van der Waals surface area contributed by atoms with E-state index in [4.69, 9.17) is 0 Å². The number of rotatable bonds is 0. The number of hydrogen-bond acceptors (Lipinski definition) is 4. The van der Waals surface area contributed by atoms with Crippen molar-refractivity contribution >= 4 is 21.6 Å². The number of carbonyl (C=O) groups excluding carboxylic acids is 1. The molecule has 23 heavy (non-hydrogen) atoms. The van der Waals surface area contributed by atoms with Crippen molar-refractivity contribution in [1.82, 2.24) is 4.72 Å². The third kappa shape index (κ3) is 4.05. The highest BCUT2D eigenvalue weighted by Crippen LogP contribution is 2.43. The highest BCUT2D eigenvalue weighted by Gasteiger charge is 2.43. The Labute approximate surface area is 137 Å². The number of para-hydroxylation sites is 1. The summed E-state index contributed by atoms with van der Waals surface area (Å²) < 4.78 is 27.3. The van der Waals surface area contributed by atoms with Crippen LogP contribution in [0, 0.1) is 11.8 Å². The summed E-state index contributed by atoms with van der Waals surface area (Å²) in [6.07, 6.45) is 7.55. The number of nitrogens with one attached hydrogen (secondary N) is 2. The molecule has 0 saturated heterocycles. The third-order valence-corrected chi connectivity index (χ3v) is 6.14. The van der Waals surface area contributed by atoms with Gasteiger partial charge in [-0.3, -0.25) is 4.79 Å². The Morgan fingerprint density at radius 1 is 1.00 bits per heavy atom. The van der Waals surface area contributed by atoms with Crippen LogP contribution in [-0.2, 0) is 14.8 Å². The van der Waals surface area contributed by atoms with E-state index in [9.17, 15) is 13.2 Å². The molecular formula is C17H24N2O3S. The van der Waals surface area contributed by atoms with E-state index in [1.54, 1.807) is 24.3 Å². The molecule has 6 heteroatoms. The van der Waals surface area contributed by atoms with Crippen molar-refractivity contribution in [3.05, 3.63) is 24.3 Å². The quantitative estimate of drug-likeness (QED) is 0.764. The monoisotopic (exact) mass is 336 g/mol. The molecule has 2 N–H and O–H groups in total. The zero-order valence-electron chi connectivity index (χ0n) is 13.3. The molecule has 5 nitrogen and oxygen atoms in total. The summed E-state index contributed by atoms with van der Waals surface area (Å²) in [6, 6.07) is 6.77. The summed E-state index contributed by atoms with van der Waals surface area (Å²) in [6.45, 7) is 0.742. The number of fused-ring (bicyclic) bond motifs is 2. The largest absolute Gasteiger partial charge is 0.384 e. The van der Waals surface area contributed by atoms with Crippen molar-refractivity contribution in [2.45, 2.75) is 49.8 Å². The summed E-state index contributed by atoms with van der Waals surface area (Å²) >= 11 is 0. The lowest BCUT2D eigenvalue weighted by molar-refractivity contribution is -0.120. The smallest absolute Gasteiger partial charge is 0.266 e. The molecule has 0 spiro atoms. The predicted octanol–water partition coefficient (Wildman–Crippen LogP) is 2.89. The lowest BCUT2D eigenvalue weighted by Gasteiger charge is -2.13. The molecule has 1 aliphatic heterocycles. The van der Waals surface area contributed by atoms with Gasteiger partial charge in [0, 0.05) is 12.5 Å².